The van der Waals surface area contributed by atoms with Crippen molar-refractivity contribution in [2.75, 3.05) is 0 Å². The molecule has 12 heavy (non-hydrogen) atoms. The molecule has 1 heteroatoms. The molecule has 3 atom stereocenters. The van der Waals surface area contributed by atoms with Gasteiger partial charge in [-0.05, 0) is 30.7 Å². The predicted molar refractivity (Wildman–Crippen MR) is 50.9 cm³/mol. The van der Waals surface area contributed by atoms with Crippen molar-refractivity contribution in [3.8, 4) is 0 Å². The van der Waals surface area contributed by atoms with Crippen molar-refractivity contribution >= 4 is 0 Å². The van der Waals surface area contributed by atoms with Crippen LogP contribution >= 0.6 is 0 Å². The van der Waals surface area contributed by atoms with Gasteiger partial charge in [-0.2, -0.15) is 0 Å². The summed E-state index contributed by atoms with van der Waals surface area (Å²) < 4.78 is 0. The lowest BCUT2D eigenvalue weighted by Crippen LogP contribution is -2.17. The van der Waals surface area contributed by atoms with Gasteiger partial charge in [0.05, 0.1) is 0 Å². The largest absolute Gasteiger partial charge is 0.328 e. The fourth-order valence-electron chi connectivity index (χ4n) is 1.88. The van der Waals surface area contributed by atoms with E-state index in [4.69, 9.17) is 5.73 Å². The molecule has 0 aliphatic heterocycles. The molecule has 64 valence electrons. The molecule has 0 radical (unpaired) electrons. The number of rotatable bonds is 2. The summed E-state index contributed by atoms with van der Waals surface area (Å²) in [6.45, 7) is 2.10. The van der Waals surface area contributed by atoms with Gasteiger partial charge in [-0.25, -0.2) is 0 Å². The van der Waals surface area contributed by atoms with E-state index in [1.165, 1.54) is 12.0 Å². The van der Waals surface area contributed by atoms with Gasteiger partial charge in [-0.1, -0.05) is 30.3 Å². The van der Waals surface area contributed by atoms with Crippen LogP contribution in [0.4, 0.5) is 0 Å². The van der Waals surface area contributed by atoms with Crippen LogP contribution in [0, 0.1) is 5.92 Å². The lowest BCUT2D eigenvalue weighted by atomic mass is 10.1. The highest BCUT2D eigenvalue weighted by atomic mass is 14.7. The van der Waals surface area contributed by atoms with E-state index in [9.17, 15) is 0 Å². The minimum atomic E-state index is 0.357. The quantitative estimate of drug-likeness (QED) is 0.706. The summed E-state index contributed by atoms with van der Waals surface area (Å²) in [5, 5.41) is 0. The zero-order valence-electron chi connectivity index (χ0n) is 7.40. The molecule has 0 spiro atoms. The minimum Gasteiger partial charge on any atom is -0.328 e. The van der Waals surface area contributed by atoms with Gasteiger partial charge in [-0.3, -0.25) is 0 Å². The van der Waals surface area contributed by atoms with Gasteiger partial charge in [0.2, 0.25) is 0 Å². The standard InChI is InChI=1S/C11H15N/c1-8(12)10-7-11(10)9-5-3-2-4-6-9/h2-6,8,10-11H,7,12H2,1H3/t8-,10+,11+/m0/s1. The van der Waals surface area contributed by atoms with Crippen molar-refractivity contribution in [3.05, 3.63) is 35.9 Å². The Morgan fingerprint density at radius 1 is 1.33 bits per heavy atom. The highest BCUT2D eigenvalue weighted by molar-refractivity contribution is 5.26. The number of hydrogen-bond acceptors (Lipinski definition) is 1. The van der Waals surface area contributed by atoms with Crippen LogP contribution in [-0.2, 0) is 0 Å². The first-order valence-corrected chi connectivity index (χ1v) is 4.59. The summed E-state index contributed by atoms with van der Waals surface area (Å²) >= 11 is 0. The molecule has 1 aromatic rings. The maximum absolute atomic E-state index is 5.83. The molecule has 1 aliphatic rings. The third-order valence-electron chi connectivity index (χ3n) is 2.74. The van der Waals surface area contributed by atoms with E-state index in [1.807, 2.05) is 0 Å². The minimum absolute atomic E-state index is 0.357. The van der Waals surface area contributed by atoms with Gasteiger partial charge < -0.3 is 5.73 Å². The van der Waals surface area contributed by atoms with E-state index >= 15 is 0 Å². The van der Waals surface area contributed by atoms with Crippen LogP contribution in [-0.4, -0.2) is 6.04 Å². The normalized spacial score (nSPS) is 29.8. The number of nitrogens with two attached hydrogens (primary N) is 1. The Morgan fingerprint density at radius 2 is 2.00 bits per heavy atom. The Kier molecular flexibility index (Phi) is 1.89. The Hall–Kier alpha value is -0.820. The van der Waals surface area contributed by atoms with Gasteiger partial charge in [0, 0.05) is 6.04 Å². The maximum Gasteiger partial charge on any atom is 0.00448 e. The zero-order valence-corrected chi connectivity index (χ0v) is 7.40. The number of hydrogen-bond donors (Lipinski definition) is 1. The molecule has 0 amide bonds. The summed E-state index contributed by atoms with van der Waals surface area (Å²) in [4.78, 5) is 0. The molecule has 0 unspecified atom stereocenters. The molecule has 0 bridgehead atoms. The van der Waals surface area contributed by atoms with Crippen LogP contribution in [0.3, 0.4) is 0 Å². The first-order chi connectivity index (χ1) is 5.79. The molecule has 1 aromatic carbocycles. The highest BCUT2D eigenvalue weighted by Crippen LogP contribution is 2.48. The molecule has 2 N–H and O–H groups in total. The first kappa shape index (κ1) is 7.81. The molecule has 1 aliphatic carbocycles. The topological polar surface area (TPSA) is 26.0 Å². The van der Waals surface area contributed by atoms with Crippen molar-refractivity contribution in [1.82, 2.24) is 0 Å². The van der Waals surface area contributed by atoms with E-state index in [-0.39, 0.29) is 0 Å². The summed E-state index contributed by atoms with van der Waals surface area (Å²) in [5.41, 5.74) is 7.28. The second-order valence-electron chi connectivity index (χ2n) is 3.78. The Balaban J connectivity index is 2.06. The predicted octanol–water partition coefficient (Wildman–Crippen LogP) is 2.14. The van der Waals surface area contributed by atoms with Crippen molar-refractivity contribution < 1.29 is 0 Å². The molecule has 1 fully saturated rings. The summed E-state index contributed by atoms with van der Waals surface area (Å²) in [6.07, 6.45) is 1.28. The van der Waals surface area contributed by atoms with Crippen molar-refractivity contribution in [3.63, 3.8) is 0 Å². The monoisotopic (exact) mass is 161 g/mol. The first-order valence-electron chi connectivity index (χ1n) is 4.59. The maximum atomic E-state index is 5.83. The molecular formula is C11H15N. The Bertz CT molecular complexity index is 253. The van der Waals surface area contributed by atoms with Crippen LogP contribution in [0.2, 0.25) is 0 Å². The summed E-state index contributed by atoms with van der Waals surface area (Å²) in [5.74, 6) is 1.47. The molecule has 0 heterocycles. The third kappa shape index (κ3) is 1.37. The smallest absolute Gasteiger partial charge is 0.00448 e. The van der Waals surface area contributed by atoms with E-state index in [2.05, 4.69) is 37.3 Å². The fourth-order valence-corrected chi connectivity index (χ4v) is 1.88. The Labute approximate surface area is 73.6 Å². The lowest BCUT2D eigenvalue weighted by Gasteiger charge is -2.02. The molecule has 2 rings (SSSR count). The molecule has 0 aromatic heterocycles. The fraction of sp³-hybridized carbons (Fsp3) is 0.455. The van der Waals surface area contributed by atoms with E-state index in [0.717, 1.165) is 11.8 Å². The van der Waals surface area contributed by atoms with E-state index in [1.54, 1.807) is 0 Å². The van der Waals surface area contributed by atoms with Crippen molar-refractivity contribution in [2.45, 2.75) is 25.3 Å². The van der Waals surface area contributed by atoms with E-state index in [0.29, 0.717) is 6.04 Å². The summed E-state index contributed by atoms with van der Waals surface area (Å²) in [7, 11) is 0. The summed E-state index contributed by atoms with van der Waals surface area (Å²) in [6, 6.07) is 11.0. The molecule has 0 saturated heterocycles. The van der Waals surface area contributed by atoms with Crippen LogP contribution in [0.1, 0.15) is 24.8 Å². The number of benzene rings is 1. The van der Waals surface area contributed by atoms with Crippen LogP contribution in [0.5, 0.6) is 0 Å². The second-order valence-corrected chi connectivity index (χ2v) is 3.78. The zero-order chi connectivity index (χ0) is 8.55. The van der Waals surface area contributed by atoms with Crippen LogP contribution in [0.15, 0.2) is 30.3 Å². The molecule has 1 nitrogen and oxygen atoms in total. The van der Waals surface area contributed by atoms with Gasteiger partial charge in [0.1, 0.15) is 0 Å². The van der Waals surface area contributed by atoms with Gasteiger partial charge in [-0.15, -0.1) is 0 Å². The van der Waals surface area contributed by atoms with E-state index < -0.39 is 0 Å². The Morgan fingerprint density at radius 3 is 2.50 bits per heavy atom. The lowest BCUT2D eigenvalue weighted by molar-refractivity contribution is 0.631. The SMILES string of the molecule is C[C@H](N)[C@H]1C[C@@H]1c1ccccc1. The average molecular weight is 161 g/mol. The second kappa shape index (κ2) is 2.91. The van der Waals surface area contributed by atoms with Crippen molar-refractivity contribution in [1.29, 1.82) is 0 Å². The average Bonchev–Trinajstić information content (AvgIpc) is 2.84. The third-order valence-corrected chi connectivity index (χ3v) is 2.74. The molecular weight excluding hydrogens is 146 g/mol. The van der Waals surface area contributed by atoms with Crippen molar-refractivity contribution in [2.24, 2.45) is 11.7 Å². The van der Waals surface area contributed by atoms with Crippen LogP contribution < -0.4 is 5.73 Å². The molecule has 1 saturated carbocycles. The highest BCUT2D eigenvalue weighted by Gasteiger charge is 2.40. The van der Waals surface area contributed by atoms with Crippen LogP contribution in [0.25, 0.3) is 0 Å². The van der Waals surface area contributed by atoms with Gasteiger partial charge in [0.25, 0.3) is 0 Å². The van der Waals surface area contributed by atoms with Gasteiger partial charge in [0.15, 0.2) is 0 Å². The van der Waals surface area contributed by atoms with Gasteiger partial charge >= 0.3 is 0 Å².